The van der Waals surface area contributed by atoms with Crippen LogP contribution in [-0.4, -0.2) is 19.3 Å². The quantitative estimate of drug-likeness (QED) is 0.934. The molecule has 0 aliphatic carbocycles. The van der Waals surface area contributed by atoms with Crippen LogP contribution in [0.3, 0.4) is 0 Å². The lowest BCUT2D eigenvalue weighted by atomic mass is 10.1. The summed E-state index contributed by atoms with van der Waals surface area (Å²) in [5, 5.41) is 19.1. The van der Waals surface area contributed by atoms with Crippen LogP contribution in [0, 0.1) is 11.3 Å². The Kier molecular flexibility index (Phi) is 4.46. The van der Waals surface area contributed by atoms with Gasteiger partial charge >= 0.3 is 0 Å². The minimum absolute atomic E-state index is 0.598. The zero-order valence-electron chi connectivity index (χ0n) is 12.4. The summed E-state index contributed by atoms with van der Waals surface area (Å²) in [4.78, 5) is 1.94. The van der Waals surface area contributed by atoms with Gasteiger partial charge in [-0.25, -0.2) is 0 Å². The Hall–Kier alpha value is -2.51. The Morgan fingerprint density at radius 1 is 1.24 bits per heavy atom. The van der Waals surface area contributed by atoms with E-state index in [-0.39, 0.29) is 0 Å². The fourth-order valence-corrected chi connectivity index (χ4v) is 2.35. The molecule has 0 saturated carbocycles. The van der Waals surface area contributed by atoms with E-state index in [1.165, 1.54) is 0 Å². The molecule has 4 heteroatoms. The van der Waals surface area contributed by atoms with E-state index in [9.17, 15) is 5.11 Å². The van der Waals surface area contributed by atoms with Gasteiger partial charge in [-0.2, -0.15) is 5.26 Å². The summed E-state index contributed by atoms with van der Waals surface area (Å²) in [6, 6.07) is 15.1. The maximum atomic E-state index is 10.1. The third-order valence-corrected chi connectivity index (χ3v) is 3.40. The van der Waals surface area contributed by atoms with Gasteiger partial charge < -0.3 is 14.7 Å². The van der Waals surface area contributed by atoms with Crippen LogP contribution in [0.25, 0.3) is 0 Å². The molecule has 0 bridgehead atoms. The van der Waals surface area contributed by atoms with E-state index < -0.39 is 6.10 Å². The van der Waals surface area contributed by atoms with Gasteiger partial charge in [-0.15, -0.1) is 0 Å². The second-order valence-corrected chi connectivity index (χ2v) is 4.79. The van der Waals surface area contributed by atoms with Gasteiger partial charge in [-0.05, 0) is 37.3 Å². The maximum Gasteiger partial charge on any atom is 0.126 e. The molecule has 4 nitrogen and oxygen atoms in total. The lowest BCUT2D eigenvalue weighted by Crippen LogP contribution is -2.13. The van der Waals surface area contributed by atoms with Gasteiger partial charge in [-0.3, -0.25) is 0 Å². The van der Waals surface area contributed by atoms with E-state index in [1.807, 2.05) is 48.3 Å². The number of hydrogen-bond acceptors (Lipinski definition) is 4. The zero-order chi connectivity index (χ0) is 15.4. The summed E-state index contributed by atoms with van der Waals surface area (Å²) in [7, 11) is 3.48. The monoisotopic (exact) mass is 282 g/mol. The summed E-state index contributed by atoms with van der Waals surface area (Å²) >= 11 is 0. The molecule has 0 heterocycles. The highest BCUT2D eigenvalue weighted by molar-refractivity contribution is 5.69. The Morgan fingerprint density at radius 2 is 1.95 bits per heavy atom. The predicted molar refractivity (Wildman–Crippen MR) is 82.8 cm³/mol. The number of ether oxygens (including phenoxy) is 1. The lowest BCUT2D eigenvalue weighted by molar-refractivity contribution is 0.195. The smallest absolute Gasteiger partial charge is 0.126 e. The molecule has 1 N–H and O–H groups in total. The first kappa shape index (κ1) is 14.9. The standard InChI is InChI=1S/C17H18N2O2/c1-12(20)17-15(8-5-9-16(17)21-3)19(2)14-7-4-6-13(10-14)11-18/h4-10,12,20H,1-3H3/t12-/m1/s1. The molecule has 2 rings (SSSR count). The molecule has 0 unspecified atom stereocenters. The van der Waals surface area contributed by atoms with E-state index in [4.69, 9.17) is 10.00 Å². The second kappa shape index (κ2) is 6.29. The molecule has 1 atom stereocenters. The third-order valence-electron chi connectivity index (χ3n) is 3.40. The Balaban J connectivity index is 2.52. The average Bonchev–Trinajstić information content (AvgIpc) is 2.53. The number of nitriles is 1. The third kappa shape index (κ3) is 2.99. The van der Waals surface area contributed by atoms with Crippen LogP contribution in [-0.2, 0) is 0 Å². The molecule has 0 saturated heterocycles. The van der Waals surface area contributed by atoms with E-state index in [1.54, 1.807) is 20.1 Å². The fourth-order valence-electron chi connectivity index (χ4n) is 2.35. The number of rotatable bonds is 4. The van der Waals surface area contributed by atoms with Crippen molar-refractivity contribution in [2.75, 3.05) is 19.1 Å². The van der Waals surface area contributed by atoms with Gasteiger partial charge in [0.15, 0.2) is 0 Å². The Morgan fingerprint density at radius 3 is 2.57 bits per heavy atom. The molecule has 0 radical (unpaired) electrons. The van der Waals surface area contributed by atoms with Gasteiger partial charge in [-0.1, -0.05) is 12.1 Å². The normalized spacial score (nSPS) is 11.6. The van der Waals surface area contributed by atoms with Crippen LogP contribution >= 0.6 is 0 Å². The molecule has 108 valence electrons. The molecular formula is C17H18N2O2. The molecule has 0 aliphatic heterocycles. The van der Waals surface area contributed by atoms with E-state index in [0.29, 0.717) is 11.3 Å². The first-order chi connectivity index (χ1) is 10.1. The highest BCUT2D eigenvalue weighted by atomic mass is 16.5. The first-order valence-corrected chi connectivity index (χ1v) is 6.67. The molecule has 0 spiro atoms. The van der Waals surface area contributed by atoms with Crippen LogP contribution in [0.5, 0.6) is 5.75 Å². The van der Waals surface area contributed by atoms with Gasteiger partial charge in [0.2, 0.25) is 0 Å². The summed E-state index contributed by atoms with van der Waals surface area (Å²) in [5.41, 5.74) is 3.05. The van der Waals surface area contributed by atoms with Crippen LogP contribution in [0.1, 0.15) is 24.2 Å². The van der Waals surface area contributed by atoms with Crippen molar-refractivity contribution >= 4 is 11.4 Å². The second-order valence-electron chi connectivity index (χ2n) is 4.79. The SMILES string of the molecule is COc1cccc(N(C)c2cccc(C#N)c2)c1[C@@H](C)O. The number of methoxy groups -OCH3 is 1. The van der Waals surface area contributed by atoms with Crippen LogP contribution in [0.4, 0.5) is 11.4 Å². The van der Waals surface area contributed by atoms with Crippen molar-refractivity contribution < 1.29 is 9.84 Å². The molecule has 2 aromatic carbocycles. The van der Waals surface area contributed by atoms with Crippen molar-refractivity contribution in [1.29, 1.82) is 5.26 Å². The van der Waals surface area contributed by atoms with Gasteiger partial charge in [0.25, 0.3) is 0 Å². The fraction of sp³-hybridized carbons (Fsp3) is 0.235. The first-order valence-electron chi connectivity index (χ1n) is 6.67. The Labute approximate surface area is 124 Å². The van der Waals surface area contributed by atoms with Crippen molar-refractivity contribution in [3.63, 3.8) is 0 Å². The largest absolute Gasteiger partial charge is 0.496 e. The summed E-state index contributed by atoms with van der Waals surface area (Å²) in [5.74, 6) is 0.644. The molecular weight excluding hydrogens is 264 g/mol. The number of hydrogen-bond donors (Lipinski definition) is 1. The average molecular weight is 282 g/mol. The van der Waals surface area contributed by atoms with Crippen molar-refractivity contribution in [3.05, 3.63) is 53.6 Å². The minimum Gasteiger partial charge on any atom is -0.496 e. The van der Waals surface area contributed by atoms with E-state index in [0.717, 1.165) is 16.9 Å². The molecule has 21 heavy (non-hydrogen) atoms. The number of aliphatic hydroxyl groups excluding tert-OH is 1. The summed E-state index contributed by atoms with van der Waals surface area (Å²) < 4.78 is 5.34. The maximum absolute atomic E-state index is 10.1. The zero-order valence-corrected chi connectivity index (χ0v) is 12.4. The number of nitrogens with zero attached hydrogens (tertiary/aromatic N) is 2. The summed E-state index contributed by atoms with van der Waals surface area (Å²) in [6.45, 7) is 1.71. The molecule has 0 aliphatic rings. The van der Waals surface area contributed by atoms with E-state index in [2.05, 4.69) is 6.07 Å². The topological polar surface area (TPSA) is 56.5 Å². The van der Waals surface area contributed by atoms with Crippen molar-refractivity contribution in [2.24, 2.45) is 0 Å². The number of anilines is 2. The molecule has 0 fully saturated rings. The predicted octanol–water partition coefficient (Wildman–Crippen LogP) is 3.39. The van der Waals surface area contributed by atoms with E-state index >= 15 is 0 Å². The van der Waals surface area contributed by atoms with Gasteiger partial charge in [0, 0.05) is 18.3 Å². The van der Waals surface area contributed by atoms with Crippen molar-refractivity contribution in [2.45, 2.75) is 13.0 Å². The van der Waals surface area contributed by atoms with Gasteiger partial charge in [0.05, 0.1) is 30.5 Å². The summed E-state index contributed by atoms with van der Waals surface area (Å²) in [6.07, 6.45) is -0.655. The Bertz CT molecular complexity index is 675. The van der Waals surface area contributed by atoms with Crippen molar-refractivity contribution in [1.82, 2.24) is 0 Å². The van der Waals surface area contributed by atoms with Crippen LogP contribution in [0.15, 0.2) is 42.5 Å². The van der Waals surface area contributed by atoms with Crippen LogP contribution < -0.4 is 9.64 Å². The highest BCUT2D eigenvalue weighted by Crippen LogP contribution is 2.37. The highest BCUT2D eigenvalue weighted by Gasteiger charge is 2.17. The van der Waals surface area contributed by atoms with Crippen LogP contribution in [0.2, 0.25) is 0 Å². The minimum atomic E-state index is -0.655. The number of aliphatic hydroxyl groups is 1. The molecule has 2 aromatic rings. The number of benzene rings is 2. The molecule has 0 aromatic heterocycles. The molecule has 0 amide bonds. The lowest BCUT2D eigenvalue weighted by Gasteiger charge is -2.25. The van der Waals surface area contributed by atoms with Gasteiger partial charge in [0.1, 0.15) is 5.75 Å². The van der Waals surface area contributed by atoms with Crippen molar-refractivity contribution in [3.8, 4) is 11.8 Å².